The van der Waals surface area contributed by atoms with Crippen molar-refractivity contribution in [1.29, 1.82) is 0 Å². The molecule has 2 heteroatoms. The molecule has 1 saturated carbocycles. The van der Waals surface area contributed by atoms with E-state index in [1.807, 2.05) is 19.1 Å². The van der Waals surface area contributed by atoms with Crippen LogP contribution in [-0.4, -0.2) is 6.54 Å². The summed E-state index contributed by atoms with van der Waals surface area (Å²) < 4.78 is 13.6. The van der Waals surface area contributed by atoms with Gasteiger partial charge in [0.05, 0.1) is 0 Å². The summed E-state index contributed by atoms with van der Waals surface area (Å²) in [7, 11) is 0. The van der Waals surface area contributed by atoms with Crippen molar-refractivity contribution in [2.75, 3.05) is 6.54 Å². The van der Waals surface area contributed by atoms with Crippen LogP contribution in [0.1, 0.15) is 38.8 Å². The van der Waals surface area contributed by atoms with Crippen molar-refractivity contribution < 1.29 is 4.39 Å². The molecular formula is C16H24FN. The molecule has 0 aromatic heterocycles. The highest BCUT2D eigenvalue weighted by Gasteiger charge is 2.63. The standard InChI is InChI=1S/C16H24FN/c1-11-6-7-13(17)12(8-11)9-18-10-14-15(2,3)16(14,4)5/h6-8,14,18H,9-10H2,1-5H3. The normalized spacial score (nSPS) is 21.0. The Kier molecular flexibility index (Phi) is 3.26. The van der Waals surface area contributed by atoms with Gasteiger partial charge in [0.15, 0.2) is 0 Å². The molecule has 0 bridgehead atoms. The number of nitrogens with one attached hydrogen (secondary N) is 1. The Bertz CT molecular complexity index is 434. The van der Waals surface area contributed by atoms with Crippen LogP contribution < -0.4 is 5.32 Å². The predicted molar refractivity (Wildman–Crippen MR) is 73.9 cm³/mol. The second-order valence-corrected chi connectivity index (χ2v) is 6.72. The van der Waals surface area contributed by atoms with Crippen molar-refractivity contribution in [3.05, 3.63) is 35.1 Å². The van der Waals surface area contributed by atoms with E-state index in [9.17, 15) is 4.39 Å². The molecule has 1 aromatic carbocycles. The van der Waals surface area contributed by atoms with E-state index in [4.69, 9.17) is 0 Å². The van der Waals surface area contributed by atoms with Crippen molar-refractivity contribution in [1.82, 2.24) is 5.32 Å². The largest absolute Gasteiger partial charge is 0.312 e. The summed E-state index contributed by atoms with van der Waals surface area (Å²) in [5, 5.41) is 3.40. The first-order valence-electron chi connectivity index (χ1n) is 6.72. The minimum absolute atomic E-state index is 0.109. The van der Waals surface area contributed by atoms with Crippen LogP contribution in [0, 0.1) is 29.5 Å². The van der Waals surface area contributed by atoms with Gasteiger partial charge in [-0.25, -0.2) is 4.39 Å². The Morgan fingerprint density at radius 1 is 1.17 bits per heavy atom. The van der Waals surface area contributed by atoms with Crippen LogP contribution in [0.15, 0.2) is 18.2 Å². The minimum atomic E-state index is -0.109. The van der Waals surface area contributed by atoms with Crippen LogP contribution in [0.5, 0.6) is 0 Å². The highest BCUT2D eigenvalue weighted by Crippen LogP contribution is 2.67. The highest BCUT2D eigenvalue weighted by atomic mass is 19.1. The van der Waals surface area contributed by atoms with Gasteiger partial charge in [-0.05, 0) is 36.3 Å². The Hall–Kier alpha value is -0.890. The third-order valence-corrected chi connectivity index (χ3v) is 5.18. The van der Waals surface area contributed by atoms with Gasteiger partial charge in [0, 0.05) is 12.1 Å². The molecule has 18 heavy (non-hydrogen) atoms. The first kappa shape index (κ1) is 13.5. The second kappa shape index (κ2) is 4.34. The maximum atomic E-state index is 13.6. The molecule has 100 valence electrons. The zero-order valence-electron chi connectivity index (χ0n) is 12.1. The Morgan fingerprint density at radius 3 is 2.33 bits per heavy atom. The molecule has 0 amide bonds. The number of halogens is 1. The topological polar surface area (TPSA) is 12.0 Å². The number of benzene rings is 1. The molecule has 1 fully saturated rings. The quantitative estimate of drug-likeness (QED) is 0.853. The van der Waals surface area contributed by atoms with Crippen LogP contribution in [0.3, 0.4) is 0 Å². The van der Waals surface area contributed by atoms with E-state index in [0.717, 1.165) is 17.7 Å². The third kappa shape index (κ3) is 2.18. The molecule has 0 atom stereocenters. The van der Waals surface area contributed by atoms with Crippen molar-refractivity contribution in [2.24, 2.45) is 16.7 Å². The minimum Gasteiger partial charge on any atom is -0.312 e. The molecule has 0 heterocycles. The third-order valence-electron chi connectivity index (χ3n) is 5.18. The van der Waals surface area contributed by atoms with E-state index in [1.165, 1.54) is 0 Å². The lowest BCUT2D eigenvalue weighted by atomic mass is 10.0. The fraction of sp³-hybridized carbons (Fsp3) is 0.625. The lowest BCUT2D eigenvalue weighted by molar-refractivity contribution is 0.457. The maximum absolute atomic E-state index is 13.6. The van der Waals surface area contributed by atoms with Gasteiger partial charge in [0.2, 0.25) is 0 Å². The van der Waals surface area contributed by atoms with Crippen LogP contribution in [0.4, 0.5) is 4.39 Å². The number of hydrogen-bond donors (Lipinski definition) is 1. The van der Waals surface area contributed by atoms with Gasteiger partial charge >= 0.3 is 0 Å². The number of hydrogen-bond acceptors (Lipinski definition) is 1. The summed E-state index contributed by atoms with van der Waals surface area (Å²) in [5.74, 6) is 0.570. The monoisotopic (exact) mass is 249 g/mol. The number of aryl methyl sites for hydroxylation is 1. The van der Waals surface area contributed by atoms with Gasteiger partial charge in [-0.15, -0.1) is 0 Å². The Labute approximate surface area is 110 Å². The zero-order valence-corrected chi connectivity index (χ0v) is 12.1. The SMILES string of the molecule is Cc1ccc(F)c(CNCC2C(C)(C)C2(C)C)c1. The molecule has 0 saturated heterocycles. The van der Waals surface area contributed by atoms with E-state index in [1.54, 1.807) is 6.07 Å². The first-order chi connectivity index (χ1) is 8.26. The average Bonchev–Trinajstić information content (AvgIpc) is 2.65. The average molecular weight is 249 g/mol. The number of rotatable bonds is 4. The molecule has 0 radical (unpaired) electrons. The molecule has 1 aromatic rings. The van der Waals surface area contributed by atoms with Gasteiger partial charge in [0.25, 0.3) is 0 Å². The highest BCUT2D eigenvalue weighted by molar-refractivity contribution is 5.24. The molecule has 1 nitrogen and oxygen atoms in total. The fourth-order valence-electron chi connectivity index (χ4n) is 3.03. The van der Waals surface area contributed by atoms with Crippen LogP contribution in [0.2, 0.25) is 0 Å². The molecule has 1 N–H and O–H groups in total. The summed E-state index contributed by atoms with van der Waals surface area (Å²) in [4.78, 5) is 0. The van der Waals surface area contributed by atoms with Crippen molar-refractivity contribution in [3.63, 3.8) is 0 Å². The van der Waals surface area contributed by atoms with Crippen molar-refractivity contribution in [2.45, 2.75) is 41.2 Å². The van der Waals surface area contributed by atoms with E-state index >= 15 is 0 Å². The molecule has 0 unspecified atom stereocenters. The molecule has 2 rings (SSSR count). The second-order valence-electron chi connectivity index (χ2n) is 6.72. The molecule has 1 aliphatic carbocycles. The van der Waals surface area contributed by atoms with Gasteiger partial charge < -0.3 is 5.32 Å². The van der Waals surface area contributed by atoms with Crippen molar-refractivity contribution in [3.8, 4) is 0 Å². The van der Waals surface area contributed by atoms with Gasteiger partial charge in [0.1, 0.15) is 5.82 Å². The lowest BCUT2D eigenvalue weighted by Gasteiger charge is -2.08. The summed E-state index contributed by atoms with van der Waals surface area (Å²) in [6, 6.07) is 5.29. The fourth-order valence-corrected chi connectivity index (χ4v) is 3.03. The summed E-state index contributed by atoms with van der Waals surface area (Å²) >= 11 is 0. The summed E-state index contributed by atoms with van der Waals surface area (Å²) in [6.07, 6.45) is 0. The zero-order chi connectivity index (χ0) is 13.6. The van der Waals surface area contributed by atoms with Gasteiger partial charge in [-0.1, -0.05) is 45.4 Å². The van der Waals surface area contributed by atoms with Crippen LogP contribution in [-0.2, 0) is 6.54 Å². The van der Waals surface area contributed by atoms with Crippen LogP contribution >= 0.6 is 0 Å². The summed E-state index contributed by atoms with van der Waals surface area (Å²) in [5.41, 5.74) is 2.67. The molecule has 0 spiro atoms. The van der Waals surface area contributed by atoms with E-state index in [-0.39, 0.29) is 5.82 Å². The van der Waals surface area contributed by atoms with E-state index in [2.05, 4.69) is 33.0 Å². The van der Waals surface area contributed by atoms with E-state index in [0.29, 0.717) is 23.3 Å². The predicted octanol–water partition coefficient (Wildman–Crippen LogP) is 3.91. The Balaban J connectivity index is 1.89. The van der Waals surface area contributed by atoms with Gasteiger partial charge in [-0.2, -0.15) is 0 Å². The summed E-state index contributed by atoms with van der Waals surface area (Å²) in [6.45, 7) is 12.8. The smallest absolute Gasteiger partial charge is 0.127 e. The first-order valence-corrected chi connectivity index (χ1v) is 6.72. The molecule has 1 aliphatic rings. The van der Waals surface area contributed by atoms with Crippen molar-refractivity contribution >= 4 is 0 Å². The Morgan fingerprint density at radius 2 is 1.78 bits per heavy atom. The lowest BCUT2D eigenvalue weighted by Crippen LogP contribution is -2.19. The molecule has 0 aliphatic heterocycles. The van der Waals surface area contributed by atoms with Crippen LogP contribution in [0.25, 0.3) is 0 Å². The van der Waals surface area contributed by atoms with Gasteiger partial charge in [-0.3, -0.25) is 0 Å². The van der Waals surface area contributed by atoms with E-state index < -0.39 is 0 Å². The maximum Gasteiger partial charge on any atom is 0.127 e. The molecular weight excluding hydrogens is 225 g/mol.